The number of fused-ring (bicyclic) bond motifs is 1. The fourth-order valence-corrected chi connectivity index (χ4v) is 3.68. The van der Waals surface area contributed by atoms with Crippen LogP contribution in [-0.2, 0) is 4.79 Å². The van der Waals surface area contributed by atoms with Gasteiger partial charge in [-0.05, 0) is 31.5 Å². The summed E-state index contributed by atoms with van der Waals surface area (Å²) in [5.41, 5.74) is 2.85. The molecule has 3 N–H and O–H groups in total. The molecule has 0 saturated heterocycles. The fraction of sp³-hybridized carbons (Fsp3) is 0.333. The number of benzene rings is 1. The van der Waals surface area contributed by atoms with Crippen LogP contribution in [0.25, 0.3) is 0 Å². The molecule has 0 radical (unpaired) electrons. The normalized spacial score (nSPS) is 17.5. The number of phenols is 1. The van der Waals surface area contributed by atoms with Crippen molar-refractivity contribution >= 4 is 23.5 Å². The lowest BCUT2D eigenvalue weighted by Gasteiger charge is -2.17. The summed E-state index contributed by atoms with van der Waals surface area (Å²) in [7, 11) is 0. The van der Waals surface area contributed by atoms with E-state index >= 15 is 0 Å². The van der Waals surface area contributed by atoms with Crippen LogP contribution in [0, 0.1) is 6.92 Å². The molecule has 2 heterocycles. The van der Waals surface area contributed by atoms with Crippen LogP contribution in [0.1, 0.15) is 29.0 Å². The number of aromatic nitrogens is 2. The van der Waals surface area contributed by atoms with Gasteiger partial charge >= 0.3 is 0 Å². The van der Waals surface area contributed by atoms with Crippen molar-refractivity contribution in [2.45, 2.75) is 19.1 Å². The molecule has 1 aromatic heterocycles. The summed E-state index contributed by atoms with van der Waals surface area (Å²) in [5.74, 6) is 1.42. The largest absolute Gasteiger partial charge is 0.504 e. The molecule has 1 aromatic carbocycles. The van der Waals surface area contributed by atoms with Crippen LogP contribution >= 0.6 is 11.8 Å². The molecule has 0 aliphatic carbocycles. The third-order valence-electron chi connectivity index (χ3n) is 3.48. The van der Waals surface area contributed by atoms with Gasteiger partial charge in [-0.15, -0.1) is 11.8 Å². The Hall–Kier alpha value is -2.15. The molecule has 22 heavy (non-hydrogen) atoms. The number of thioether (sulfide) groups is 1. The monoisotopic (exact) mass is 319 g/mol. The number of carbonyl (C=O) groups excluding carboxylic acids is 1. The zero-order chi connectivity index (χ0) is 15.7. The van der Waals surface area contributed by atoms with Gasteiger partial charge in [-0.3, -0.25) is 9.89 Å². The fourth-order valence-electron chi connectivity index (χ4n) is 2.49. The zero-order valence-corrected chi connectivity index (χ0v) is 13.2. The number of nitrogens with zero attached hydrogens (tertiary/aromatic N) is 1. The lowest BCUT2D eigenvalue weighted by atomic mass is 10.0. The highest BCUT2D eigenvalue weighted by Crippen LogP contribution is 2.44. The SMILES string of the molecule is CCOc1cc([C@H]2SCC(=O)Nc3n[nH]c(C)c32)ccc1O. The first-order valence-electron chi connectivity index (χ1n) is 7.02. The number of aromatic amines is 1. The topological polar surface area (TPSA) is 87.2 Å². The Morgan fingerprint density at radius 3 is 3.09 bits per heavy atom. The summed E-state index contributed by atoms with van der Waals surface area (Å²) in [5, 5.41) is 19.7. The molecule has 2 aromatic rings. The number of carbonyl (C=O) groups is 1. The molecule has 7 heteroatoms. The molecule has 116 valence electrons. The molecule has 1 atom stereocenters. The minimum absolute atomic E-state index is 0.0486. The van der Waals surface area contributed by atoms with E-state index in [1.807, 2.05) is 26.0 Å². The van der Waals surface area contributed by atoms with Gasteiger partial charge in [-0.25, -0.2) is 0 Å². The maximum atomic E-state index is 11.8. The standard InChI is InChI=1S/C15H17N3O3S/c1-3-21-11-6-9(4-5-10(11)19)14-13-8(2)17-18-15(13)16-12(20)7-22-14/h4-6,14,19H,3,7H2,1-2H3,(H2,16,17,18,20)/t14-/m1/s1. The Morgan fingerprint density at radius 1 is 1.50 bits per heavy atom. The Labute approximate surface area is 132 Å². The van der Waals surface area contributed by atoms with Gasteiger partial charge in [0.2, 0.25) is 5.91 Å². The van der Waals surface area contributed by atoms with Crippen LogP contribution < -0.4 is 10.1 Å². The van der Waals surface area contributed by atoms with Gasteiger partial charge in [0.05, 0.1) is 17.6 Å². The van der Waals surface area contributed by atoms with E-state index < -0.39 is 0 Å². The van der Waals surface area contributed by atoms with E-state index in [4.69, 9.17) is 4.74 Å². The Kier molecular flexibility index (Phi) is 3.98. The van der Waals surface area contributed by atoms with Crippen molar-refractivity contribution in [3.63, 3.8) is 0 Å². The summed E-state index contributed by atoms with van der Waals surface area (Å²) in [6.07, 6.45) is 0. The second-order valence-corrected chi connectivity index (χ2v) is 6.10. The van der Waals surface area contributed by atoms with Gasteiger partial charge in [-0.1, -0.05) is 6.07 Å². The third-order valence-corrected chi connectivity index (χ3v) is 4.75. The highest BCUT2D eigenvalue weighted by molar-refractivity contribution is 8.00. The predicted octanol–water partition coefficient (Wildman–Crippen LogP) is 2.60. The van der Waals surface area contributed by atoms with Gasteiger partial charge in [0.25, 0.3) is 0 Å². The zero-order valence-electron chi connectivity index (χ0n) is 12.3. The van der Waals surface area contributed by atoms with Crippen LogP contribution in [0.4, 0.5) is 5.82 Å². The number of anilines is 1. The van der Waals surface area contributed by atoms with Gasteiger partial charge in [0.15, 0.2) is 17.3 Å². The number of phenolic OH excluding ortho intramolecular Hbond substituents is 1. The molecular weight excluding hydrogens is 302 g/mol. The average Bonchev–Trinajstić information content (AvgIpc) is 2.75. The van der Waals surface area contributed by atoms with Crippen molar-refractivity contribution in [1.82, 2.24) is 10.2 Å². The number of ether oxygens (including phenoxy) is 1. The number of H-pyrrole nitrogens is 1. The molecule has 1 aliphatic heterocycles. The highest BCUT2D eigenvalue weighted by atomic mass is 32.2. The first-order chi connectivity index (χ1) is 10.6. The molecular formula is C15H17N3O3S. The van der Waals surface area contributed by atoms with Crippen molar-refractivity contribution in [3.05, 3.63) is 35.0 Å². The van der Waals surface area contributed by atoms with Gasteiger partial charge in [0.1, 0.15) is 0 Å². The first kappa shape index (κ1) is 14.8. The third kappa shape index (κ3) is 2.64. The van der Waals surface area contributed by atoms with Crippen molar-refractivity contribution in [2.24, 2.45) is 0 Å². The molecule has 0 fully saturated rings. The van der Waals surface area contributed by atoms with E-state index in [0.717, 1.165) is 16.8 Å². The van der Waals surface area contributed by atoms with Crippen LogP contribution in [0.2, 0.25) is 0 Å². The molecule has 1 aliphatic rings. The summed E-state index contributed by atoms with van der Waals surface area (Å²) in [6, 6.07) is 5.29. The van der Waals surface area contributed by atoms with Crippen LogP contribution in [0.3, 0.4) is 0 Å². The van der Waals surface area contributed by atoms with Gasteiger partial charge in [0, 0.05) is 11.3 Å². The number of aromatic hydroxyl groups is 1. The summed E-state index contributed by atoms with van der Waals surface area (Å²) in [6.45, 7) is 4.28. The van der Waals surface area contributed by atoms with E-state index in [2.05, 4.69) is 15.5 Å². The summed E-state index contributed by atoms with van der Waals surface area (Å²) < 4.78 is 5.45. The summed E-state index contributed by atoms with van der Waals surface area (Å²) >= 11 is 1.53. The molecule has 0 saturated carbocycles. The average molecular weight is 319 g/mol. The summed E-state index contributed by atoms with van der Waals surface area (Å²) in [4.78, 5) is 11.8. The lowest BCUT2D eigenvalue weighted by molar-refractivity contribution is -0.113. The predicted molar refractivity (Wildman–Crippen MR) is 85.5 cm³/mol. The Morgan fingerprint density at radius 2 is 2.32 bits per heavy atom. The Bertz CT molecular complexity index is 714. The molecule has 6 nitrogen and oxygen atoms in total. The van der Waals surface area contributed by atoms with Crippen LogP contribution in [-0.4, -0.2) is 33.6 Å². The molecule has 3 rings (SSSR count). The van der Waals surface area contributed by atoms with E-state index in [0.29, 0.717) is 23.9 Å². The minimum Gasteiger partial charge on any atom is -0.504 e. The minimum atomic E-state index is -0.0657. The molecule has 0 unspecified atom stereocenters. The van der Waals surface area contributed by atoms with E-state index in [9.17, 15) is 9.90 Å². The quantitative estimate of drug-likeness (QED) is 0.809. The second kappa shape index (κ2) is 5.92. The number of aryl methyl sites for hydroxylation is 1. The maximum absolute atomic E-state index is 11.8. The molecule has 0 spiro atoms. The highest BCUT2D eigenvalue weighted by Gasteiger charge is 2.28. The smallest absolute Gasteiger partial charge is 0.235 e. The Balaban J connectivity index is 2.05. The maximum Gasteiger partial charge on any atom is 0.235 e. The van der Waals surface area contributed by atoms with E-state index in [1.54, 1.807) is 6.07 Å². The van der Waals surface area contributed by atoms with Gasteiger partial charge in [-0.2, -0.15) is 5.10 Å². The van der Waals surface area contributed by atoms with Crippen molar-refractivity contribution in [3.8, 4) is 11.5 Å². The van der Waals surface area contributed by atoms with Gasteiger partial charge < -0.3 is 15.2 Å². The van der Waals surface area contributed by atoms with Crippen molar-refractivity contribution < 1.29 is 14.6 Å². The molecule has 0 bridgehead atoms. The van der Waals surface area contributed by atoms with Crippen LogP contribution in [0.5, 0.6) is 11.5 Å². The molecule has 1 amide bonds. The lowest BCUT2D eigenvalue weighted by Crippen LogP contribution is -2.12. The number of rotatable bonds is 3. The van der Waals surface area contributed by atoms with Crippen LogP contribution in [0.15, 0.2) is 18.2 Å². The second-order valence-electron chi connectivity index (χ2n) is 5.01. The number of amides is 1. The van der Waals surface area contributed by atoms with E-state index in [-0.39, 0.29) is 16.9 Å². The number of nitrogens with one attached hydrogen (secondary N) is 2. The van der Waals surface area contributed by atoms with E-state index in [1.165, 1.54) is 11.8 Å². The number of hydrogen-bond acceptors (Lipinski definition) is 5. The van der Waals surface area contributed by atoms with Crippen molar-refractivity contribution in [1.29, 1.82) is 0 Å². The number of hydrogen-bond donors (Lipinski definition) is 3. The van der Waals surface area contributed by atoms with Crippen molar-refractivity contribution in [2.75, 3.05) is 17.7 Å². The first-order valence-corrected chi connectivity index (χ1v) is 8.07.